The molecule has 45 nitrogen and oxygen atoms in total. The number of benzene rings is 4. The quantitative estimate of drug-likeness (QED) is 0.00738. The predicted molar refractivity (Wildman–Crippen MR) is 484 cm³/mol. The van der Waals surface area contributed by atoms with E-state index in [0.29, 0.717) is 27.6 Å². The van der Waals surface area contributed by atoms with Gasteiger partial charge < -0.3 is 133 Å². The fourth-order valence-electron chi connectivity index (χ4n) is 13.4. The summed E-state index contributed by atoms with van der Waals surface area (Å²) in [5.74, 6) is -24.0. The van der Waals surface area contributed by atoms with E-state index in [9.17, 15) is 106 Å². The number of nitrogens with one attached hydrogen (secondary N) is 19. The first-order valence-electron chi connectivity index (χ1n) is 41.9. The summed E-state index contributed by atoms with van der Waals surface area (Å²) in [5, 5.41) is 86.8. The number of aromatic hydroxyl groups is 1. The first kappa shape index (κ1) is 106. The Kier molecular flexibility index (Phi) is 42.7. The third-order valence-electron chi connectivity index (χ3n) is 20.3. The number of para-hydroxylation sites is 2. The molecule has 0 aliphatic carbocycles. The molecule has 29 N–H and O–H groups in total. The Balaban J connectivity index is 1.10. The number of thiol groups is 2. The number of aromatic nitrogens is 2. The molecule has 6 aromatic rings. The molecular formula is C85H114N22O23S2. The molecule has 0 bridgehead atoms. The number of nitrogens with two attached hydrogens (primary N) is 3. The Labute approximate surface area is 767 Å². The fourth-order valence-corrected chi connectivity index (χ4v) is 13.9. The second kappa shape index (κ2) is 52.9. The number of phenolic OH excluding ortho intramolecular Hbond substituents is 1. The highest BCUT2D eigenvalue weighted by molar-refractivity contribution is 7.80. The van der Waals surface area contributed by atoms with Crippen molar-refractivity contribution in [1.29, 1.82) is 5.41 Å². The van der Waals surface area contributed by atoms with Crippen molar-refractivity contribution in [2.45, 2.75) is 184 Å². The average molecular weight is 1880 g/mol. The van der Waals surface area contributed by atoms with Gasteiger partial charge in [0, 0.05) is 77.9 Å². The third kappa shape index (κ3) is 35.6. The number of H-pyrrole nitrogens is 2. The van der Waals surface area contributed by atoms with Crippen molar-refractivity contribution in [3.8, 4) is 5.75 Å². The monoisotopic (exact) mass is 1870 g/mol. The van der Waals surface area contributed by atoms with Crippen LogP contribution in [0, 0.1) is 17.2 Å². The van der Waals surface area contributed by atoms with Gasteiger partial charge in [0.1, 0.15) is 84.8 Å². The number of amides is 16. The minimum Gasteiger partial charge on any atom is -0.508 e. The molecule has 47 heteroatoms. The van der Waals surface area contributed by atoms with Crippen LogP contribution in [0.2, 0.25) is 0 Å². The van der Waals surface area contributed by atoms with E-state index in [1.54, 1.807) is 80.8 Å². The number of carbonyl (C=O) groups is 19. The molecule has 0 aliphatic rings. The highest BCUT2D eigenvalue weighted by Crippen LogP contribution is 2.22. The van der Waals surface area contributed by atoms with E-state index < -0.39 is 260 Å². The second-order valence-corrected chi connectivity index (χ2v) is 32.4. The summed E-state index contributed by atoms with van der Waals surface area (Å²) in [7, 11) is 0. The van der Waals surface area contributed by atoms with Gasteiger partial charge in [-0.2, -0.15) is 25.3 Å². The van der Waals surface area contributed by atoms with E-state index in [1.165, 1.54) is 45.0 Å². The zero-order valence-corrected chi connectivity index (χ0v) is 74.6. The molecule has 132 heavy (non-hydrogen) atoms. The van der Waals surface area contributed by atoms with Crippen molar-refractivity contribution in [1.82, 2.24) is 95.0 Å². The Hall–Kier alpha value is -14.4. The van der Waals surface area contributed by atoms with Gasteiger partial charge in [-0.15, -0.1) is 0 Å². The molecule has 714 valence electrons. The number of carboxylic acid groups (broad SMARTS) is 3. The number of carbonyl (C=O) groups excluding carboxylic acids is 16. The maximum Gasteiger partial charge on any atom is 0.322 e. The first-order chi connectivity index (χ1) is 62.5. The van der Waals surface area contributed by atoms with Gasteiger partial charge in [-0.25, -0.2) is 0 Å². The molecule has 0 spiro atoms. The predicted octanol–water partition coefficient (Wildman–Crippen LogP) is -4.74. The lowest BCUT2D eigenvalue weighted by Gasteiger charge is -2.28. The number of primary amides is 1. The van der Waals surface area contributed by atoms with Crippen LogP contribution in [0.3, 0.4) is 0 Å². The lowest BCUT2D eigenvalue weighted by Crippen LogP contribution is -2.61. The van der Waals surface area contributed by atoms with Crippen LogP contribution in [0.25, 0.3) is 21.8 Å². The van der Waals surface area contributed by atoms with Crippen LogP contribution >= 0.6 is 25.3 Å². The number of phenols is 1. The maximum absolute atomic E-state index is 14.7. The maximum atomic E-state index is 14.7. The summed E-state index contributed by atoms with van der Waals surface area (Å²) in [6.45, 7) is 4.97. The van der Waals surface area contributed by atoms with Gasteiger partial charge in [-0.1, -0.05) is 107 Å². The molecule has 13 atom stereocenters. The molecule has 16 amide bonds. The van der Waals surface area contributed by atoms with E-state index in [0.717, 1.165) is 16.5 Å². The van der Waals surface area contributed by atoms with Crippen molar-refractivity contribution in [3.05, 3.63) is 138 Å². The number of fused-ring (bicyclic) bond motifs is 2. The molecule has 4 aromatic carbocycles. The van der Waals surface area contributed by atoms with E-state index >= 15 is 0 Å². The van der Waals surface area contributed by atoms with Gasteiger partial charge in [0.05, 0.1) is 32.0 Å². The minimum absolute atomic E-state index is 0.0600. The van der Waals surface area contributed by atoms with Gasteiger partial charge >= 0.3 is 17.9 Å². The minimum atomic E-state index is -2.10. The molecular weight excluding hydrogens is 1760 g/mol. The van der Waals surface area contributed by atoms with E-state index in [4.69, 9.17) is 27.7 Å². The van der Waals surface area contributed by atoms with Crippen molar-refractivity contribution in [2.75, 3.05) is 37.7 Å². The second-order valence-electron chi connectivity index (χ2n) is 31.7. The molecule has 0 fully saturated rings. The Bertz CT molecular complexity index is 5110. The fraction of sp³-hybridized carbons (Fsp3) is 0.435. The third-order valence-corrected chi connectivity index (χ3v) is 21.1. The summed E-state index contributed by atoms with van der Waals surface area (Å²) >= 11 is 8.56. The Morgan fingerprint density at radius 1 is 0.394 bits per heavy atom. The Morgan fingerprint density at radius 2 is 0.811 bits per heavy atom. The first-order valence-corrected chi connectivity index (χ1v) is 43.2. The molecule has 6 rings (SSSR count). The highest BCUT2D eigenvalue weighted by Gasteiger charge is 2.39. The molecule has 0 saturated heterocycles. The van der Waals surface area contributed by atoms with Crippen LogP contribution in [0.1, 0.15) is 102 Å². The summed E-state index contributed by atoms with van der Waals surface area (Å²) in [4.78, 5) is 264. The lowest BCUT2D eigenvalue weighted by molar-refractivity contribution is -0.143. The summed E-state index contributed by atoms with van der Waals surface area (Å²) in [6, 6.07) is 6.94. The number of aliphatic carboxylic acids is 3. The zero-order chi connectivity index (χ0) is 97.6. The van der Waals surface area contributed by atoms with Crippen molar-refractivity contribution >= 4 is 165 Å². The molecule has 0 unspecified atom stereocenters. The summed E-state index contributed by atoms with van der Waals surface area (Å²) in [6.07, 6.45) is -1.06. The lowest BCUT2D eigenvalue weighted by atomic mass is 10.0. The number of rotatable bonds is 55. The topological polar surface area (TPSA) is 731 Å². The summed E-state index contributed by atoms with van der Waals surface area (Å²) in [5.41, 5.74) is 20.8. The van der Waals surface area contributed by atoms with E-state index in [1.807, 2.05) is 24.3 Å². The number of guanidine groups is 1. The summed E-state index contributed by atoms with van der Waals surface area (Å²) < 4.78 is 0. The van der Waals surface area contributed by atoms with Crippen molar-refractivity contribution in [3.63, 3.8) is 0 Å². The molecule has 2 heterocycles. The SMILES string of the molecule is CC(C)C[C@H](NC(=O)[C@H](CC(=O)O)NC(=O)[C@H](CC(=O)O)NC(=O)[C@@H](NC(=O)[C@H](CS)NC(=O)[C@H](CCCNC(=N)N)NC(=O)[C@@H](N)Cc1c[nH]c2ccccc12)C(C)C)C(=O)NCC(=O)NCC(=O)N[C@@H](Cc1ccccc1)C(=O)N[C@@H](CCC(N)=O)C(=O)N[C@@H](Cc1ccc(O)cc1)C(=O)N[C@@H](CS)C(=O)N[C@@H](Cc1c[nH]c2ccccc12)C(=O)N[C@@H](C)C(=O)NCC(=O)O. The molecule has 0 aliphatic heterocycles. The standard InChI is InChI=1S/C85H114N22O23S2/c1-42(2)28-57(100-80(126)61(33-68(112)113)103-81(127)62(34-69(114)115)104-84(130)71(43(3)4)107-83(129)64(41-132)105-75(121)55(20-13-27-90-85(88)89)98-73(119)52(86)31-47-35-91-53-18-11-9-16-50(47)53)74(120)94-37-66(110)93-38-67(111)97-58(29-45-14-7-6-8-15-45)78(124)99-56(25-26-65(87)109)76(122)101-59(30-46-21-23-49(108)24-22-46)79(125)106-63(40-131)82(128)102-60(32-48-36-92-54-19-12-10-17-51(48)54)77(123)96-44(5)72(118)95-39-70(116)117/h6-12,14-19,21-24,35-36,42-44,52,55-64,71,91-92,108,131-132H,13,20,25-34,37-41,86H2,1-5H3,(H2,87,109)(H,93,110)(H,94,120)(H,95,118)(H,96,123)(H,97,111)(H,98,119)(H,99,124)(H,100,126)(H,101,122)(H,102,128)(H,103,127)(H,104,130)(H,105,121)(H,106,125)(H,107,129)(H,112,113)(H,114,115)(H,116,117)(H4,88,89,90)/t44-,52-,55-,56-,57-,58-,59-,60-,61-,62-,63-,64-,71-/m0/s1. The Morgan fingerprint density at radius 3 is 1.33 bits per heavy atom. The number of aromatic amines is 2. The van der Waals surface area contributed by atoms with Crippen LogP contribution in [-0.4, -0.2) is 265 Å². The largest absolute Gasteiger partial charge is 0.508 e. The smallest absolute Gasteiger partial charge is 0.322 e. The van der Waals surface area contributed by atoms with E-state index in [-0.39, 0.29) is 63.2 Å². The highest BCUT2D eigenvalue weighted by atomic mass is 32.1. The number of hydrogen-bond acceptors (Lipinski definition) is 24. The molecule has 2 aromatic heterocycles. The van der Waals surface area contributed by atoms with Gasteiger partial charge in [0.2, 0.25) is 94.5 Å². The van der Waals surface area contributed by atoms with Crippen LogP contribution in [0.15, 0.2) is 116 Å². The van der Waals surface area contributed by atoms with Crippen molar-refractivity contribution < 1.29 is 112 Å². The van der Waals surface area contributed by atoms with Gasteiger partial charge in [-0.3, -0.25) is 96.5 Å². The van der Waals surface area contributed by atoms with Gasteiger partial charge in [-0.05, 0) is 97.4 Å². The van der Waals surface area contributed by atoms with Gasteiger partial charge in [0.25, 0.3) is 0 Å². The van der Waals surface area contributed by atoms with Crippen LogP contribution in [0.4, 0.5) is 0 Å². The average Bonchev–Trinajstić information content (AvgIpc) is 1.69. The van der Waals surface area contributed by atoms with Crippen LogP contribution < -0.4 is 102 Å². The normalized spacial score (nSPS) is 14.0. The molecule has 0 radical (unpaired) electrons. The molecule has 0 saturated carbocycles. The van der Waals surface area contributed by atoms with Crippen LogP contribution in [0.5, 0.6) is 5.75 Å². The number of hydrogen-bond donors (Lipinski definition) is 28. The van der Waals surface area contributed by atoms with Crippen LogP contribution in [-0.2, 0) is 117 Å². The van der Waals surface area contributed by atoms with Crippen molar-refractivity contribution in [2.24, 2.45) is 29.0 Å². The van der Waals surface area contributed by atoms with E-state index in [2.05, 4.69) is 120 Å². The number of carboxylic acids is 3. The zero-order valence-electron chi connectivity index (χ0n) is 72.8. The van der Waals surface area contributed by atoms with Gasteiger partial charge in [0.15, 0.2) is 5.96 Å².